The maximum Gasteiger partial charge on any atom is 1.00 e. The number of aromatic nitrogens is 1. The van der Waals surface area contributed by atoms with Gasteiger partial charge in [-0.2, -0.15) is 0 Å². The molecule has 2 aromatic carbocycles. The van der Waals surface area contributed by atoms with Crippen LogP contribution in [-0.2, 0) is 17.4 Å². The number of fused-ring (bicyclic) bond motifs is 1. The molecule has 1 aromatic heterocycles. The van der Waals surface area contributed by atoms with Gasteiger partial charge in [0.05, 0.1) is 12.3 Å². The van der Waals surface area contributed by atoms with Crippen LogP contribution in [0.15, 0.2) is 60.7 Å². The zero-order valence-corrected chi connectivity index (χ0v) is 23.5. The van der Waals surface area contributed by atoms with Crippen molar-refractivity contribution in [2.45, 2.75) is 58.2 Å². The molecule has 0 unspecified atom stereocenters. The van der Waals surface area contributed by atoms with E-state index in [0.717, 1.165) is 23.5 Å². The van der Waals surface area contributed by atoms with Crippen molar-refractivity contribution in [2.75, 3.05) is 13.2 Å². The van der Waals surface area contributed by atoms with E-state index >= 15 is 0 Å². The van der Waals surface area contributed by atoms with Crippen molar-refractivity contribution in [3.8, 4) is 0 Å². The molecule has 0 fully saturated rings. The van der Waals surface area contributed by atoms with Crippen LogP contribution in [-0.4, -0.2) is 48.0 Å². The van der Waals surface area contributed by atoms with E-state index in [1.165, 1.54) is 21.7 Å². The number of hydrogen-bond donors (Lipinski definition) is 1. The third-order valence-electron chi connectivity index (χ3n) is 6.83. The van der Waals surface area contributed by atoms with Gasteiger partial charge in [-0.15, -0.1) is 11.3 Å². The molecule has 1 aliphatic rings. The first-order chi connectivity index (χ1) is 16.0. The number of thiazole rings is 1. The Hall–Kier alpha value is -1.73. The maximum atomic E-state index is 11.4. The van der Waals surface area contributed by atoms with E-state index in [2.05, 4.69) is 105 Å². The van der Waals surface area contributed by atoms with Gasteiger partial charge < -0.3 is 11.0 Å². The Morgan fingerprint density at radius 1 is 1.06 bits per heavy atom. The minimum Gasteiger partial charge on any atom is -1.00 e. The third-order valence-corrected chi connectivity index (χ3v) is 12.9. The predicted octanol–water partition coefficient (Wildman–Crippen LogP) is 1.67. The summed E-state index contributed by atoms with van der Waals surface area (Å²) in [5.74, 6) is -0.944. The van der Waals surface area contributed by atoms with E-state index in [9.17, 15) is 9.90 Å². The second kappa shape index (κ2) is 10.7. The molecule has 5 nitrogen and oxygen atoms in total. The molecule has 0 radical (unpaired) electrons. The summed E-state index contributed by atoms with van der Waals surface area (Å²) in [4.78, 5) is 19.2. The first kappa shape index (κ1) is 27.9. The van der Waals surface area contributed by atoms with Crippen molar-refractivity contribution in [1.82, 2.24) is 9.88 Å². The molecular weight excluding hydrogens is 467 g/mol. The monoisotopic (exact) mass is 502 g/mol. The molecule has 0 saturated heterocycles. The Kier molecular flexibility index (Phi) is 8.53. The predicted molar refractivity (Wildman–Crippen MR) is 142 cm³/mol. The standard InChI is InChI=1S/C27H34N2O3SSi.Li.H/c1-26(2,3)34(20-12-8-6-9-13-20,21-14-10-7-11-15-21)32-19-27(4,5)29-17-16-22-23(18-29)33-24(28-22)25(30)31;;/h6-15H,16-19H2,1-5H3,(H,30,31);;/q;+1;-1. The van der Waals surface area contributed by atoms with Crippen molar-refractivity contribution in [3.05, 3.63) is 76.2 Å². The Morgan fingerprint density at radius 3 is 2.09 bits per heavy atom. The van der Waals surface area contributed by atoms with Crippen LogP contribution in [0.5, 0.6) is 0 Å². The molecule has 8 heteroatoms. The van der Waals surface area contributed by atoms with Crippen molar-refractivity contribution in [3.63, 3.8) is 0 Å². The van der Waals surface area contributed by atoms with Crippen LogP contribution >= 0.6 is 11.3 Å². The van der Waals surface area contributed by atoms with Gasteiger partial charge in [-0.05, 0) is 29.3 Å². The van der Waals surface area contributed by atoms with E-state index in [4.69, 9.17) is 4.43 Å². The minimum absolute atomic E-state index is 0. The van der Waals surface area contributed by atoms with Gasteiger partial charge in [-0.3, -0.25) is 4.90 Å². The number of carboxylic acids is 1. The van der Waals surface area contributed by atoms with Crippen LogP contribution in [0.1, 0.15) is 56.4 Å². The molecule has 0 bridgehead atoms. The summed E-state index contributed by atoms with van der Waals surface area (Å²) < 4.78 is 7.21. The molecule has 0 aliphatic carbocycles. The Balaban J connectivity index is 0.00000228. The fraction of sp³-hybridized carbons (Fsp3) is 0.407. The molecule has 0 amide bonds. The number of aromatic carboxylic acids is 1. The van der Waals surface area contributed by atoms with Gasteiger partial charge in [0.15, 0.2) is 0 Å². The van der Waals surface area contributed by atoms with Gasteiger partial charge in [0.1, 0.15) is 0 Å². The molecule has 4 rings (SSSR count). The smallest absolute Gasteiger partial charge is 1.00 e. The summed E-state index contributed by atoms with van der Waals surface area (Å²) in [7, 11) is -2.62. The van der Waals surface area contributed by atoms with Crippen LogP contribution in [0.25, 0.3) is 0 Å². The average Bonchev–Trinajstić information content (AvgIpc) is 3.24. The summed E-state index contributed by atoms with van der Waals surface area (Å²) in [5.41, 5.74) is 0.709. The Bertz CT molecular complexity index is 1110. The van der Waals surface area contributed by atoms with Crippen LogP contribution in [0.2, 0.25) is 5.04 Å². The molecule has 0 saturated carbocycles. The molecule has 2 heterocycles. The molecule has 3 aromatic rings. The second-order valence-corrected chi connectivity index (χ2v) is 16.0. The van der Waals surface area contributed by atoms with Gasteiger partial charge in [0.25, 0.3) is 8.32 Å². The fourth-order valence-electron chi connectivity index (χ4n) is 4.94. The number of carboxylic acid groups (broad SMARTS) is 1. The normalized spacial score (nSPS) is 14.8. The van der Waals surface area contributed by atoms with E-state index in [0.29, 0.717) is 13.2 Å². The minimum atomic E-state index is -2.62. The van der Waals surface area contributed by atoms with E-state index in [1.807, 2.05) is 0 Å². The molecule has 0 atom stereocenters. The largest absolute Gasteiger partial charge is 1.00 e. The number of nitrogens with zero attached hydrogens (tertiary/aromatic N) is 2. The summed E-state index contributed by atoms with van der Waals surface area (Å²) in [6.07, 6.45) is 0.766. The van der Waals surface area contributed by atoms with E-state index in [-0.39, 0.29) is 35.9 Å². The van der Waals surface area contributed by atoms with Gasteiger partial charge in [-0.1, -0.05) is 81.4 Å². The van der Waals surface area contributed by atoms with Crippen molar-refractivity contribution in [1.29, 1.82) is 0 Å². The third kappa shape index (κ3) is 5.51. The van der Waals surface area contributed by atoms with Crippen LogP contribution in [0.4, 0.5) is 0 Å². The number of rotatable bonds is 7. The molecule has 182 valence electrons. The Labute approximate surface area is 227 Å². The topological polar surface area (TPSA) is 62.7 Å². The zero-order valence-electron chi connectivity index (χ0n) is 22.7. The quantitative estimate of drug-likeness (QED) is 0.498. The van der Waals surface area contributed by atoms with Gasteiger partial charge >= 0.3 is 24.8 Å². The summed E-state index contributed by atoms with van der Waals surface area (Å²) in [6, 6.07) is 21.4. The summed E-state index contributed by atoms with van der Waals surface area (Å²) in [6.45, 7) is 13.5. The zero-order chi connectivity index (χ0) is 24.6. The van der Waals surface area contributed by atoms with Crippen LogP contribution in [0.3, 0.4) is 0 Å². The molecule has 1 aliphatic heterocycles. The SMILES string of the molecule is CC(C)(CO[Si](c1ccccc1)(c1ccccc1)C(C)(C)C)N1CCc2nc(C(=O)O)sc2C1.[H-].[Li+]. The van der Waals surface area contributed by atoms with E-state index in [1.54, 1.807) is 0 Å². The molecular formula is C27H35LiN2O3SSi. The van der Waals surface area contributed by atoms with Crippen molar-refractivity contribution < 1.29 is 34.6 Å². The molecule has 1 N–H and O–H groups in total. The average molecular weight is 503 g/mol. The number of carbonyl (C=O) groups is 1. The van der Waals surface area contributed by atoms with Crippen LogP contribution < -0.4 is 29.2 Å². The van der Waals surface area contributed by atoms with Crippen molar-refractivity contribution in [2.24, 2.45) is 0 Å². The maximum absolute atomic E-state index is 11.4. The first-order valence-electron chi connectivity index (χ1n) is 11.8. The second-order valence-electron chi connectivity index (χ2n) is 10.6. The molecule has 35 heavy (non-hydrogen) atoms. The summed E-state index contributed by atoms with van der Waals surface area (Å²) in [5, 5.41) is 12.0. The molecule has 0 spiro atoms. The van der Waals surface area contributed by atoms with Gasteiger partial charge in [-0.25, -0.2) is 9.78 Å². The fourth-order valence-corrected chi connectivity index (χ4v) is 10.6. The summed E-state index contributed by atoms with van der Waals surface area (Å²) >= 11 is 1.30. The van der Waals surface area contributed by atoms with Crippen molar-refractivity contribution >= 4 is 36.0 Å². The van der Waals surface area contributed by atoms with Gasteiger partial charge in [0.2, 0.25) is 5.01 Å². The van der Waals surface area contributed by atoms with Gasteiger partial charge in [0, 0.05) is 29.9 Å². The Morgan fingerprint density at radius 2 is 1.60 bits per heavy atom. The first-order valence-corrected chi connectivity index (χ1v) is 14.5. The van der Waals surface area contributed by atoms with Crippen LogP contribution in [0, 0.1) is 0 Å². The van der Waals surface area contributed by atoms with E-state index < -0.39 is 14.3 Å². The number of hydrogen-bond acceptors (Lipinski definition) is 5. The number of benzene rings is 2.